The molecule has 2 atom stereocenters. The molecule has 0 saturated carbocycles. The number of non-ortho nitro benzene ring substituents is 1. The maximum Gasteiger partial charge on any atom is 0.343 e. The van der Waals surface area contributed by atoms with Gasteiger partial charge in [0.05, 0.1) is 21.8 Å². The number of sulfone groups is 1. The molecule has 3 heterocycles. The summed E-state index contributed by atoms with van der Waals surface area (Å²) in [7, 11) is -4.14. The van der Waals surface area contributed by atoms with Crippen molar-refractivity contribution in [3.63, 3.8) is 0 Å². The molecule has 4 aromatic rings. The minimum atomic E-state index is -4.14. The molecule has 13 heteroatoms. The van der Waals surface area contributed by atoms with Crippen LogP contribution in [0.2, 0.25) is 0 Å². The first-order chi connectivity index (χ1) is 22.4. The van der Waals surface area contributed by atoms with Crippen LogP contribution in [0.3, 0.4) is 0 Å². The summed E-state index contributed by atoms with van der Waals surface area (Å²) in [5.41, 5.74) is 1.22. The number of hydrogen-bond acceptors (Lipinski definition) is 10. The molecule has 0 bridgehead atoms. The zero-order valence-electron chi connectivity index (χ0n) is 25.0. The lowest BCUT2D eigenvalue weighted by Crippen LogP contribution is -2.59. The van der Waals surface area contributed by atoms with Crippen LogP contribution >= 0.6 is 0 Å². The van der Waals surface area contributed by atoms with Crippen molar-refractivity contribution < 1.29 is 37.2 Å². The van der Waals surface area contributed by atoms with Crippen LogP contribution in [0.15, 0.2) is 109 Å². The van der Waals surface area contributed by atoms with Crippen molar-refractivity contribution in [3.8, 4) is 5.75 Å². The van der Waals surface area contributed by atoms with Crippen LogP contribution < -0.4 is 4.74 Å². The highest BCUT2D eigenvalue weighted by molar-refractivity contribution is 7.94. The number of aromatic nitrogens is 1. The average molecular weight is 654 g/mol. The summed E-state index contributed by atoms with van der Waals surface area (Å²) in [5, 5.41) is 9.45. The van der Waals surface area contributed by atoms with Crippen molar-refractivity contribution in [1.29, 1.82) is 0 Å². The second-order valence-corrected chi connectivity index (χ2v) is 14.1. The average Bonchev–Trinajstić information content (AvgIpc) is 3.21. The van der Waals surface area contributed by atoms with E-state index in [0.717, 1.165) is 4.90 Å². The lowest BCUT2D eigenvalue weighted by Gasteiger charge is -2.38. The van der Waals surface area contributed by atoms with Gasteiger partial charge in [-0.25, -0.2) is 18.0 Å². The molecule has 2 fully saturated rings. The van der Waals surface area contributed by atoms with E-state index in [0.29, 0.717) is 11.1 Å². The number of nitro benzene ring substituents is 1. The third-order valence-corrected chi connectivity index (χ3v) is 11.0. The maximum absolute atomic E-state index is 13.8. The number of esters is 2. The van der Waals surface area contributed by atoms with Crippen molar-refractivity contribution in [2.45, 2.75) is 36.1 Å². The van der Waals surface area contributed by atoms with Gasteiger partial charge < -0.3 is 14.4 Å². The Bertz CT molecular complexity index is 1990. The van der Waals surface area contributed by atoms with Gasteiger partial charge in [0.25, 0.3) is 11.6 Å². The molecule has 1 amide bonds. The number of nitro groups is 1. The van der Waals surface area contributed by atoms with Crippen molar-refractivity contribution >= 4 is 39.4 Å². The number of ether oxygens (including phenoxy) is 2. The Morgan fingerprint density at radius 1 is 0.957 bits per heavy atom. The molecule has 0 radical (unpaired) electrons. The van der Waals surface area contributed by atoms with Crippen molar-refractivity contribution in [2.24, 2.45) is 0 Å². The molecule has 0 spiro atoms. The normalized spacial score (nSPS) is 19.9. The SMILES string of the molecule is CC1(C)[C@H](C(=O)OC(c2ccccc2)c2ccccc2)N2C(=O)/C(=C/c3cc(C(=O)Oc4ccc([N+](=O)[O-])cc4)ccn3)C2S1(=O)=O. The van der Waals surface area contributed by atoms with Crippen LogP contribution in [0, 0.1) is 10.1 Å². The molecule has 12 nitrogen and oxygen atoms in total. The van der Waals surface area contributed by atoms with Crippen LogP contribution in [0.1, 0.15) is 47.1 Å². The number of amides is 1. The largest absolute Gasteiger partial charge is 0.451 e. The van der Waals surface area contributed by atoms with Crippen LogP contribution in [0.5, 0.6) is 5.75 Å². The Balaban J connectivity index is 1.25. The van der Waals surface area contributed by atoms with E-state index >= 15 is 0 Å². The number of benzene rings is 3. The molecule has 1 unspecified atom stereocenters. The van der Waals surface area contributed by atoms with Crippen molar-refractivity contribution in [2.75, 3.05) is 0 Å². The molecule has 47 heavy (non-hydrogen) atoms. The quantitative estimate of drug-likeness (QED) is 0.0652. The Morgan fingerprint density at radius 2 is 1.55 bits per heavy atom. The first-order valence-electron chi connectivity index (χ1n) is 14.4. The van der Waals surface area contributed by atoms with Gasteiger partial charge >= 0.3 is 11.9 Å². The molecule has 3 aromatic carbocycles. The Hall–Kier alpha value is -5.69. The topological polar surface area (TPSA) is 163 Å². The van der Waals surface area contributed by atoms with Gasteiger partial charge in [-0.15, -0.1) is 0 Å². The highest BCUT2D eigenvalue weighted by Gasteiger charge is 2.70. The molecule has 6 rings (SSSR count). The van der Waals surface area contributed by atoms with Crippen molar-refractivity contribution in [1.82, 2.24) is 9.88 Å². The van der Waals surface area contributed by atoms with E-state index in [1.807, 2.05) is 12.1 Å². The second-order valence-electron chi connectivity index (χ2n) is 11.5. The third-order valence-electron chi connectivity index (χ3n) is 8.20. The minimum absolute atomic E-state index is 0.0396. The van der Waals surface area contributed by atoms with Gasteiger partial charge in [-0.1, -0.05) is 60.7 Å². The van der Waals surface area contributed by atoms with E-state index in [-0.39, 0.29) is 28.3 Å². The number of pyridine rings is 1. The summed E-state index contributed by atoms with van der Waals surface area (Å²) in [6, 6.07) is 24.2. The van der Waals surface area contributed by atoms with Gasteiger partial charge in [0, 0.05) is 18.3 Å². The van der Waals surface area contributed by atoms with Crippen LogP contribution in [-0.2, 0) is 24.2 Å². The van der Waals surface area contributed by atoms with E-state index in [1.54, 1.807) is 48.5 Å². The molecule has 2 aliphatic rings. The fraction of sp³-hybridized carbons (Fsp3) is 0.176. The zero-order valence-corrected chi connectivity index (χ0v) is 25.9. The number of rotatable bonds is 8. The van der Waals surface area contributed by atoms with E-state index in [4.69, 9.17) is 9.47 Å². The van der Waals surface area contributed by atoms with E-state index in [2.05, 4.69) is 4.98 Å². The first-order valence-corrected chi connectivity index (χ1v) is 16.0. The lowest BCUT2D eigenvalue weighted by atomic mass is 9.94. The summed E-state index contributed by atoms with van der Waals surface area (Å²) >= 11 is 0. The molecular formula is C34H27N3O9S. The zero-order chi connectivity index (χ0) is 33.5. The molecule has 0 aliphatic carbocycles. The molecule has 0 N–H and O–H groups in total. The Morgan fingerprint density at radius 3 is 2.13 bits per heavy atom. The van der Waals surface area contributed by atoms with Crippen LogP contribution in [-0.4, -0.2) is 57.2 Å². The summed E-state index contributed by atoms with van der Waals surface area (Å²) in [5.74, 6) is -2.27. The van der Waals surface area contributed by atoms with Crippen molar-refractivity contribution in [3.05, 3.63) is 141 Å². The summed E-state index contributed by atoms with van der Waals surface area (Å²) in [4.78, 5) is 55.6. The number of nitrogens with zero attached hydrogens (tertiary/aromatic N) is 3. The fourth-order valence-corrected chi connectivity index (χ4v) is 7.82. The van der Waals surface area contributed by atoms with Gasteiger partial charge in [-0.3, -0.25) is 19.9 Å². The predicted octanol–water partition coefficient (Wildman–Crippen LogP) is 4.67. The molecule has 2 aliphatic heterocycles. The number of β-lactam (4-membered cyclic amide) rings is 1. The molecule has 238 valence electrons. The first kappa shape index (κ1) is 31.3. The highest BCUT2D eigenvalue weighted by Crippen LogP contribution is 2.49. The monoisotopic (exact) mass is 653 g/mol. The molecule has 2 saturated heterocycles. The van der Waals surface area contributed by atoms with E-state index < -0.39 is 54.9 Å². The standard InChI is InChI=1S/C34H27N3O9S/c1-34(2)29(33(40)46-28(21-9-5-3-6-10-21)22-11-7-4-8-12-22)36-30(38)27(31(36)47(34,43)44)20-24-19-23(17-18-35-24)32(39)45-26-15-13-25(14-16-26)37(41)42/h3-20,28-29,31H,1-2H3/b27-20-/t29-,31?/m0/s1. The summed E-state index contributed by atoms with van der Waals surface area (Å²) in [6.07, 6.45) is 1.72. The third kappa shape index (κ3) is 5.54. The van der Waals surface area contributed by atoms with Crippen LogP contribution in [0.4, 0.5) is 5.69 Å². The molecular weight excluding hydrogens is 626 g/mol. The maximum atomic E-state index is 13.8. The lowest BCUT2D eigenvalue weighted by molar-refractivity contribution is -0.384. The predicted molar refractivity (Wildman–Crippen MR) is 169 cm³/mol. The minimum Gasteiger partial charge on any atom is -0.451 e. The van der Waals surface area contributed by atoms with E-state index in [9.17, 15) is 32.9 Å². The van der Waals surface area contributed by atoms with Gasteiger partial charge in [0.1, 0.15) is 10.5 Å². The summed E-state index contributed by atoms with van der Waals surface area (Å²) < 4.78 is 37.2. The number of fused-ring (bicyclic) bond motifs is 1. The Kier molecular flexibility index (Phi) is 7.93. The fourth-order valence-electron chi connectivity index (χ4n) is 5.70. The number of carbonyl (C=O) groups excluding carboxylic acids is 3. The van der Waals surface area contributed by atoms with Gasteiger partial charge in [-0.05, 0) is 55.3 Å². The summed E-state index contributed by atoms with van der Waals surface area (Å²) in [6.45, 7) is 2.79. The van der Waals surface area contributed by atoms with Gasteiger partial charge in [0.15, 0.2) is 27.4 Å². The number of hydrogen-bond donors (Lipinski definition) is 0. The number of carbonyl (C=O) groups is 3. The molecule has 1 aromatic heterocycles. The highest BCUT2D eigenvalue weighted by atomic mass is 32.2. The smallest absolute Gasteiger partial charge is 0.343 e. The van der Waals surface area contributed by atoms with Gasteiger partial charge in [0.2, 0.25) is 0 Å². The van der Waals surface area contributed by atoms with E-state index in [1.165, 1.54) is 62.5 Å². The second kappa shape index (κ2) is 11.9. The van der Waals surface area contributed by atoms with Crippen LogP contribution in [0.25, 0.3) is 6.08 Å². The Labute approximate surface area is 269 Å². The van der Waals surface area contributed by atoms with Gasteiger partial charge in [-0.2, -0.15) is 0 Å².